The molecule has 1 amide bonds. The van der Waals surface area contributed by atoms with Crippen LogP contribution in [0.3, 0.4) is 0 Å². The van der Waals surface area contributed by atoms with E-state index in [9.17, 15) is 4.79 Å². The molecule has 3 heterocycles. The number of carbonyl (C=O) groups excluding carboxylic acids is 1. The van der Waals surface area contributed by atoms with Gasteiger partial charge in [0.05, 0.1) is 7.11 Å². The predicted octanol–water partition coefficient (Wildman–Crippen LogP) is 1.87. The first-order valence-electron chi connectivity index (χ1n) is 7.73. The smallest absolute Gasteiger partial charge is 0.270 e. The molecule has 0 aliphatic carbocycles. The molecule has 22 heavy (non-hydrogen) atoms. The fourth-order valence-corrected chi connectivity index (χ4v) is 3.60. The van der Waals surface area contributed by atoms with Gasteiger partial charge in [-0.3, -0.25) is 9.78 Å². The van der Waals surface area contributed by atoms with Crippen LogP contribution in [0.5, 0.6) is 5.75 Å². The zero-order chi connectivity index (χ0) is 15.1. The number of pyridine rings is 1. The third-order valence-electron chi connectivity index (χ3n) is 4.78. The first-order valence-corrected chi connectivity index (χ1v) is 7.73. The van der Waals surface area contributed by atoms with E-state index < -0.39 is 0 Å². The Balaban J connectivity index is 1.56. The zero-order valence-electron chi connectivity index (χ0n) is 12.5. The third kappa shape index (κ3) is 2.31. The lowest BCUT2D eigenvalue weighted by molar-refractivity contribution is 0.0926. The van der Waals surface area contributed by atoms with E-state index in [-0.39, 0.29) is 11.9 Å². The van der Waals surface area contributed by atoms with Gasteiger partial charge in [-0.15, -0.1) is 0 Å². The fourth-order valence-electron chi connectivity index (χ4n) is 3.60. The van der Waals surface area contributed by atoms with Crippen LogP contribution in [0.2, 0.25) is 0 Å². The molecule has 5 nitrogen and oxygen atoms in total. The molecular formula is C17H19N3O2. The lowest BCUT2D eigenvalue weighted by atomic mass is 9.95. The highest BCUT2D eigenvalue weighted by Crippen LogP contribution is 2.28. The number of rotatable bonds is 3. The van der Waals surface area contributed by atoms with E-state index in [0.717, 1.165) is 29.4 Å². The maximum absolute atomic E-state index is 12.4. The van der Waals surface area contributed by atoms with Crippen molar-refractivity contribution in [2.45, 2.75) is 37.4 Å². The lowest BCUT2D eigenvalue weighted by Crippen LogP contribution is -2.43. The lowest BCUT2D eigenvalue weighted by Gasteiger charge is -2.21. The summed E-state index contributed by atoms with van der Waals surface area (Å²) in [7, 11) is 1.64. The minimum Gasteiger partial charge on any atom is -0.497 e. The Kier molecular flexibility index (Phi) is 3.22. The SMILES string of the molecule is COc1ccc2cnc(C(=O)NC3CC4CCC3N4)cc2c1. The van der Waals surface area contributed by atoms with E-state index >= 15 is 0 Å². The molecule has 2 aliphatic heterocycles. The number of benzene rings is 1. The quantitative estimate of drug-likeness (QED) is 0.908. The van der Waals surface area contributed by atoms with Crippen molar-refractivity contribution in [2.75, 3.05) is 7.11 Å². The maximum atomic E-state index is 12.4. The van der Waals surface area contributed by atoms with Crippen LogP contribution in [0.1, 0.15) is 29.8 Å². The van der Waals surface area contributed by atoms with Crippen molar-refractivity contribution in [3.63, 3.8) is 0 Å². The summed E-state index contributed by atoms with van der Waals surface area (Å²) in [5, 5.41) is 8.61. The van der Waals surface area contributed by atoms with Crippen LogP contribution in [0, 0.1) is 0 Å². The molecule has 0 saturated carbocycles. The summed E-state index contributed by atoms with van der Waals surface area (Å²) in [5.74, 6) is 0.687. The molecule has 2 N–H and O–H groups in total. The monoisotopic (exact) mass is 297 g/mol. The highest BCUT2D eigenvalue weighted by atomic mass is 16.5. The molecule has 4 rings (SSSR count). The second-order valence-corrected chi connectivity index (χ2v) is 6.15. The molecule has 3 atom stereocenters. The molecule has 5 heteroatoms. The van der Waals surface area contributed by atoms with Crippen LogP contribution in [-0.4, -0.2) is 36.1 Å². The number of methoxy groups -OCH3 is 1. The first-order chi connectivity index (χ1) is 10.7. The molecule has 1 aromatic heterocycles. The van der Waals surface area contributed by atoms with Crippen molar-refractivity contribution in [1.82, 2.24) is 15.6 Å². The van der Waals surface area contributed by atoms with Gasteiger partial charge in [0.25, 0.3) is 5.91 Å². The van der Waals surface area contributed by atoms with Crippen LogP contribution < -0.4 is 15.4 Å². The van der Waals surface area contributed by atoms with E-state index in [4.69, 9.17) is 4.74 Å². The van der Waals surface area contributed by atoms with Gasteiger partial charge in [0.1, 0.15) is 11.4 Å². The Labute approximate surface area is 129 Å². The largest absolute Gasteiger partial charge is 0.497 e. The van der Waals surface area contributed by atoms with Gasteiger partial charge in [-0.25, -0.2) is 0 Å². The predicted molar refractivity (Wildman–Crippen MR) is 84.1 cm³/mol. The second kappa shape index (κ2) is 5.25. The molecule has 3 unspecified atom stereocenters. The van der Waals surface area contributed by atoms with E-state index in [0.29, 0.717) is 17.8 Å². The van der Waals surface area contributed by atoms with E-state index in [1.165, 1.54) is 6.42 Å². The van der Waals surface area contributed by atoms with Crippen molar-refractivity contribution in [3.8, 4) is 5.75 Å². The topological polar surface area (TPSA) is 63.2 Å². The summed E-state index contributed by atoms with van der Waals surface area (Å²) in [5.41, 5.74) is 0.462. The molecule has 2 saturated heterocycles. The van der Waals surface area contributed by atoms with Gasteiger partial charge in [-0.2, -0.15) is 0 Å². The Morgan fingerprint density at radius 2 is 2.23 bits per heavy atom. The van der Waals surface area contributed by atoms with Crippen LogP contribution in [0.4, 0.5) is 0 Å². The Morgan fingerprint density at radius 1 is 1.32 bits per heavy atom. The number of aromatic nitrogens is 1. The van der Waals surface area contributed by atoms with E-state index in [1.807, 2.05) is 24.3 Å². The van der Waals surface area contributed by atoms with Gasteiger partial charge in [-0.1, -0.05) is 0 Å². The molecule has 114 valence electrons. The van der Waals surface area contributed by atoms with Crippen LogP contribution in [0.15, 0.2) is 30.5 Å². The third-order valence-corrected chi connectivity index (χ3v) is 4.78. The van der Waals surface area contributed by atoms with Crippen LogP contribution in [-0.2, 0) is 0 Å². The minimum atomic E-state index is -0.0935. The molecular weight excluding hydrogens is 278 g/mol. The number of nitrogens with one attached hydrogen (secondary N) is 2. The number of carbonyl (C=O) groups is 1. The van der Waals surface area contributed by atoms with Gasteiger partial charge in [-0.05, 0) is 48.9 Å². The summed E-state index contributed by atoms with van der Waals surface area (Å²) in [4.78, 5) is 16.7. The average Bonchev–Trinajstić information content (AvgIpc) is 3.16. The van der Waals surface area contributed by atoms with Gasteiger partial charge < -0.3 is 15.4 Å². The summed E-state index contributed by atoms with van der Waals surface area (Å²) < 4.78 is 5.23. The summed E-state index contributed by atoms with van der Waals surface area (Å²) in [6.45, 7) is 0. The number of amides is 1. The normalized spacial score (nSPS) is 26.3. The Morgan fingerprint density at radius 3 is 2.95 bits per heavy atom. The van der Waals surface area contributed by atoms with Gasteiger partial charge in [0.2, 0.25) is 0 Å². The number of hydrogen-bond donors (Lipinski definition) is 2. The molecule has 2 aromatic rings. The highest BCUT2D eigenvalue weighted by Gasteiger charge is 2.39. The molecule has 2 fully saturated rings. The summed E-state index contributed by atoms with van der Waals surface area (Å²) in [6.07, 6.45) is 5.14. The van der Waals surface area contributed by atoms with Gasteiger partial charge >= 0.3 is 0 Å². The molecule has 0 radical (unpaired) electrons. The van der Waals surface area contributed by atoms with Crippen LogP contribution >= 0.6 is 0 Å². The van der Waals surface area contributed by atoms with Crippen molar-refractivity contribution in [1.29, 1.82) is 0 Å². The van der Waals surface area contributed by atoms with E-state index in [2.05, 4.69) is 15.6 Å². The number of nitrogens with zero attached hydrogens (tertiary/aromatic N) is 1. The maximum Gasteiger partial charge on any atom is 0.270 e. The Hall–Kier alpha value is -2.14. The zero-order valence-corrected chi connectivity index (χ0v) is 12.5. The van der Waals surface area contributed by atoms with Crippen molar-refractivity contribution in [2.24, 2.45) is 0 Å². The van der Waals surface area contributed by atoms with Crippen molar-refractivity contribution in [3.05, 3.63) is 36.2 Å². The van der Waals surface area contributed by atoms with Gasteiger partial charge in [0.15, 0.2) is 0 Å². The summed E-state index contributed by atoms with van der Waals surface area (Å²) >= 11 is 0. The average molecular weight is 297 g/mol. The van der Waals surface area contributed by atoms with E-state index in [1.54, 1.807) is 13.3 Å². The van der Waals surface area contributed by atoms with Crippen molar-refractivity contribution >= 4 is 16.7 Å². The Bertz CT molecular complexity index is 731. The molecule has 1 aromatic carbocycles. The summed E-state index contributed by atoms with van der Waals surface area (Å²) in [6, 6.07) is 8.82. The second-order valence-electron chi connectivity index (χ2n) is 6.15. The highest BCUT2D eigenvalue weighted by molar-refractivity contribution is 5.96. The number of hydrogen-bond acceptors (Lipinski definition) is 4. The molecule has 0 spiro atoms. The molecule has 2 aliphatic rings. The first kappa shape index (κ1) is 13.5. The number of ether oxygens (including phenoxy) is 1. The fraction of sp³-hybridized carbons (Fsp3) is 0.412. The standard InChI is InChI=1S/C17H19N3O2/c1-22-13-4-2-10-9-18-16(7-11(10)6-13)17(21)20-15-8-12-3-5-14(15)19-12/h2,4,6-7,9,12,14-15,19H,3,5,8H2,1H3,(H,20,21). The minimum absolute atomic E-state index is 0.0935. The molecule has 2 bridgehead atoms. The van der Waals surface area contributed by atoms with Crippen molar-refractivity contribution < 1.29 is 9.53 Å². The van der Waals surface area contributed by atoms with Crippen LogP contribution in [0.25, 0.3) is 10.8 Å². The number of fused-ring (bicyclic) bond motifs is 3. The van der Waals surface area contributed by atoms with Gasteiger partial charge in [0, 0.05) is 29.7 Å².